The second-order valence-corrected chi connectivity index (χ2v) is 5.72. The average Bonchev–Trinajstić information content (AvgIpc) is 3.00. The number of rotatable bonds is 7. The Balaban J connectivity index is 1.91. The monoisotopic (exact) mass is 385 g/mol. The molecular formula is C20H17O8-. The maximum atomic E-state index is 12.6. The maximum absolute atomic E-state index is 12.6. The van der Waals surface area contributed by atoms with Gasteiger partial charge in [-0.3, -0.25) is 4.79 Å². The van der Waals surface area contributed by atoms with Crippen molar-refractivity contribution in [3.63, 3.8) is 0 Å². The summed E-state index contributed by atoms with van der Waals surface area (Å²) in [4.78, 5) is 23.1. The average molecular weight is 385 g/mol. The van der Waals surface area contributed by atoms with E-state index >= 15 is 0 Å². The van der Waals surface area contributed by atoms with Crippen LogP contribution in [0.1, 0.15) is 15.9 Å². The Morgan fingerprint density at radius 3 is 2.32 bits per heavy atom. The quantitative estimate of drug-likeness (QED) is 0.660. The lowest BCUT2D eigenvalue weighted by Crippen LogP contribution is -2.28. The molecule has 3 rings (SSSR count). The van der Waals surface area contributed by atoms with Crippen LogP contribution < -0.4 is 28.8 Å². The predicted octanol–water partition coefficient (Wildman–Crippen LogP) is 1.46. The molecule has 2 aromatic carbocycles. The number of carboxylic acid groups (broad SMARTS) is 1. The summed E-state index contributed by atoms with van der Waals surface area (Å²) < 4.78 is 26.6. The highest BCUT2D eigenvalue weighted by Crippen LogP contribution is 2.40. The van der Waals surface area contributed by atoms with E-state index in [1.165, 1.54) is 39.5 Å². The van der Waals surface area contributed by atoms with Crippen LogP contribution in [0.15, 0.2) is 36.1 Å². The summed E-state index contributed by atoms with van der Waals surface area (Å²) in [5, 5.41) is 10.5. The molecule has 8 nitrogen and oxygen atoms in total. The summed E-state index contributed by atoms with van der Waals surface area (Å²) in [6.07, 6.45) is 1.55. The Labute approximate surface area is 160 Å². The minimum absolute atomic E-state index is 0.0984. The Kier molecular flexibility index (Phi) is 5.39. The van der Waals surface area contributed by atoms with E-state index < -0.39 is 12.6 Å². The number of carbonyl (C=O) groups is 2. The molecule has 0 unspecified atom stereocenters. The van der Waals surface area contributed by atoms with Crippen molar-refractivity contribution in [2.75, 3.05) is 27.9 Å². The van der Waals surface area contributed by atoms with Gasteiger partial charge in [0.15, 0.2) is 17.3 Å². The van der Waals surface area contributed by atoms with Gasteiger partial charge in [0.25, 0.3) is 0 Å². The summed E-state index contributed by atoms with van der Waals surface area (Å²) in [5.74, 6) is 0.286. The topological polar surface area (TPSA) is 103 Å². The van der Waals surface area contributed by atoms with E-state index in [-0.39, 0.29) is 23.0 Å². The third-order valence-electron chi connectivity index (χ3n) is 3.98. The van der Waals surface area contributed by atoms with E-state index in [1.807, 2.05) is 0 Å². The standard InChI is InChI=1S/C20H18O8/c1-24-16-7-11(8-17(25-2)20(16)26-3)6-15-19(23)13-5-4-12(9-14(13)28-15)27-10-18(21)22/h4-9H,10H2,1-3H3,(H,21,22)/p-1/b15-6-. The molecule has 1 aliphatic rings. The number of aliphatic carboxylic acids is 1. The van der Waals surface area contributed by atoms with Crippen LogP contribution in [-0.2, 0) is 4.79 Å². The SMILES string of the molecule is COc1cc(/C=C2\Oc3cc(OCC(=O)[O-])ccc3C2=O)cc(OC)c1OC. The van der Waals surface area contributed by atoms with Gasteiger partial charge in [-0.2, -0.15) is 0 Å². The fourth-order valence-electron chi connectivity index (χ4n) is 2.74. The van der Waals surface area contributed by atoms with Gasteiger partial charge in [-0.05, 0) is 35.9 Å². The predicted molar refractivity (Wildman–Crippen MR) is 96.0 cm³/mol. The number of Topliss-reactive ketones (excluding diaryl/α,β-unsaturated/α-hetero) is 1. The number of carboxylic acids is 1. The molecule has 1 heterocycles. The van der Waals surface area contributed by atoms with Gasteiger partial charge in [0.1, 0.15) is 18.1 Å². The molecule has 8 heteroatoms. The van der Waals surface area contributed by atoms with Gasteiger partial charge in [0.2, 0.25) is 11.5 Å². The van der Waals surface area contributed by atoms with E-state index in [2.05, 4.69) is 0 Å². The van der Waals surface area contributed by atoms with Crippen molar-refractivity contribution in [2.45, 2.75) is 0 Å². The van der Waals surface area contributed by atoms with Gasteiger partial charge in [-0.25, -0.2) is 0 Å². The first-order chi connectivity index (χ1) is 13.5. The number of ketones is 1. The zero-order valence-corrected chi connectivity index (χ0v) is 15.4. The van der Waals surface area contributed by atoms with E-state index in [1.54, 1.807) is 18.2 Å². The summed E-state index contributed by atoms with van der Waals surface area (Å²) in [5.41, 5.74) is 0.957. The van der Waals surface area contributed by atoms with Crippen molar-refractivity contribution in [2.24, 2.45) is 0 Å². The van der Waals surface area contributed by atoms with Crippen molar-refractivity contribution in [3.05, 3.63) is 47.2 Å². The molecule has 0 aromatic heterocycles. The third kappa shape index (κ3) is 3.71. The maximum Gasteiger partial charge on any atom is 0.231 e. The van der Waals surface area contributed by atoms with E-state index in [4.69, 9.17) is 23.7 Å². The van der Waals surface area contributed by atoms with Crippen LogP contribution in [0.3, 0.4) is 0 Å². The first-order valence-corrected chi connectivity index (χ1v) is 8.17. The molecule has 0 spiro atoms. The molecule has 0 aliphatic carbocycles. The molecule has 146 valence electrons. The van der Waals surface area contributed by atoms with E-state index in [9.17, 15) is 14.7 Å². The van der Waals surface area contributed by atoms with Crippen LogP contribution >= 0.6 is 0 Å². The van der Waals surface area contributed by atoms with Gasteiger partial charge in [-0.1, -0.05) is 0 Å². The normalized spacial score (nSPS) is 13.7. The van der Waals surface area contributed by atoms with Gasteiger partial charge in [-0.15, -0.1) is 0 Å². The number of carbonyl (C=O) groups excluding carboxylic acids is 2. The van der Waals surface area contributed by atoms with Gasteiger partial charge < -0.3 is 33.6 Å². The number of hydrogen-bond donors (Lipinski definition) is 0. The molecular weight excluding hydrogens is 368 g/mol. The minimum Gasteiger partial charge on any atom is -0.546 e. The molecule has 0 bridgehead atoms. The molecule has 28 heavy (non-hydrogen) atoms. The lowest BCUT2D eigenvalue weighted by atomic mass is 10.1. The van der Waals surface area contributed by atoms with Crippen molar-refractivity contribution >= 4 is 17.8 Å². The summed E-state index contributed by atoms with van der Waals surface area (Å²) >= 11 is 0. The highest BCUT2D eigenvalue weighted by atomic mass is 16.5. The van der Waals surface area contributed by atoms with Gasteiger partial charge in [0, 0.05) is 6.07 Å². The smallest absolute Gasteiger partial charge is 0.231 e. The highest BCUT2D eigenvalue weighted by Gasteiger charge is 2.28. The Hall–Kier alpha value is -3.68. The van der Waals surface area contributed by atoms with Crippen LogP contribution in [0, 0.1) is 0 Å². The molecule has 1 aliphatic heterocycles. The number of benzene rings is 2. The van der Waals surface area contributed by atoms with Crippen LogP contribution in [0.5, 0.6) is 28.7 Å². The van der Waals surface area contributed by atoms with E-state index in [0.717, 1.165) is 0 Å². The molecule has 0 saturated heterocycles. The van der Waals surface area contributed by atoms with E-state index in [0.29, 0.717) is 28.4 Å². The number of methoxy groups -OCH3 is 3. The van der Waals surface area contributed by atoms with Gasteiger partial charge in [0.05, 0.1) is 32.9 Å². The second kappa shape index (κ2) is 7.91. The van der Waals surface area contributed by atoms with Crippen molar-refractivity contribution in [1.29, 1.82) is 0 Å². The molecule has 2 aromatic rings. The fourth-order valence-corrected chi connectivity index (χ4v) is 2.74. The van der Waals surface area contributed by atoms with Gasteiger partial charge >= 0.3 is 0 Å². The van der Waals surface area contributed by atoms with Crippen molar-refractivity contribution in [3.8, 4) is 28.7 Å². The molecule has 0 radical (unpaired) electrons. The highest BCUT2D eigenvalue weighted by molar-refractivity contribution is 6.14. The number of ether oxygens (including phenoxy) is 5. The lowest BCUT2D eigenvalue weighted by molar-refractivity contribution is -0.307. The second-order valence-electron chi connectivity index (χ2n) is 5.72. The van der Waals surface area contributed by atoms with Crippen LogP contribution in [0.2, 0.25) is 0 Å². The molecule has 0 saturated carbocycles. The zero-order valence-electron chi connectivity index (χ0n) is 15.4. The lowest BCUT2D eigenvalue weighted by Gasteiger charge is -2.13. The molecule has 0 amide bonds. The van der Waals surface area contributed by atoms with Crippen molar-refractivity contribution < 1.29 is 38.4 Å². The largest absolute Gasteiger partial charge is 0.546 e. The summed E-state index contributed by atoms with van der Waals surface area (Å²) in [7, 11) is 4.49. The number of fused-ring (bicyclic) bond motifs is 1. The summed E-state index contributed by atoms with van der Waals surface area (Å²) in [6.45, 7) is -0.596. The molecule has 0 fully saturated rings. The minimum atomic E-state index is -1.35. The molecule has 0 N–H and O–H groups in total. The van der Waals surface area contributed by atoms with Crippen molar-refractivity contribution in [1.82, 2.24) is 0 Å². The number of allylic oxidation sites excluding steroid dienone is 1. The number of hydrogen-bond acceptors (Lipinski definition) is 8. The van der Waals surface area contributed by atoms with Crippen LogP contribution in [0.25, 0.3) is 6.08 Å². The third-order valence-corrected chi connectivity index (χ3v) is 3.98. The fraction of sp³-hybridized carbons (Fsp3) is 0.200. The molecule has 0 atom stereocenters. The Bertz CT molecular complexity index is 936. The van der Waals surface area contributed by atoms with Crippen LogP contribution in [-0.4, -0.2) is 39.7 Å². The first kappa shape index (κ1) is 19.1. The Morgan fingerprint density at radius 2 is 1.75 bits per heavy atom. The Morgan fingerprint density at radius 1 is 1.07 bits per heavy atom. The first-order valence-electron chi connectivity index (χ1n) is 8.17. The zero-order chi connectivity index (χ0) is 20.3. The van der Waals surface area contributed by atoms with Crippen LogP contribution in [0.4, 0.5) is 0 Å². The summed E-state index contributed by atoms with van der Waals surface area (Å²) in [6, 6.07) is 7.82.